The molecule has 0 bridgehead atoms. The van der Waals surface area contributed by atoms with Crippen molar-refractivity contribution in [2.45, 2.75) is 32.8 Å². The number of nitrogens with one attached hydrogen (secondary N) is 3. The normalized spacial score (nSPS) is 10.4. The second-order valence-corrected chi connectivity index (χ2v) is 7.78. The number of amides is 3. The quantitative estimate of drug-likeness (QED) is 0.570. The molecule has 9 heteroatoms. The number of benzene rings is 2. The number of ether oxygens (including phenoxy) is 2. The third-order valence-electron chi connectivity index (χ3n) is 3.93. The van der Waals surface area contributed by atoms with Gasteiger partial charge in [0.2, 0.25) is 5.91 Å². The van der Waals surface area contributed by atoms with Crippen molar-refractivity contribution in [1.82, 2.24) is 16.2 Å². The molecular formula is C23H26N4O5. The van der Waals surface area contributed by atoms with Crippen molar-refractivity contribution in [2.75, 3.05) is 13.2 Å². The molecule has 0 saturated heterocycles. The maximum atomic E-state index is 11.8. The van der Waals surface area contributed by atoms with Crippen LogP contribution >= 0.6 is 0 Å². The van der Waals surface area contributed by atoms with Gasteiger partial charge in [-0.25, -0.2) is 4.79 Å². The van der Waals surface area contributed by atoms with Gasteiger partial charge in [-0.2, -0.15) is 5.26 Å². The first-order valence-corrected chi connectivity index (χ1v) is 9.94. The van der Waals surface area contributed by atoms with Crippen LogP contribution < -0.4 is 20.9 Å². The van der Waals surface area contributed by atoms with E-state index in [9.17, 15) is 14.4 Å². The summed E-state index contributed by atoms with van der Waals surface area (Å²) in [4.78, 5) is 35.1. The zero-order valence-corrected chi connectivity index (χ0v) is 18.2. The Morgan fingerprint density at radius 1 is 0.906 bits per heavy atom. The Kier molecular flexibility index (Phi) is 8.60. The van der Waals surface area contributed by atoms with Gasteiger partial charge in [-0.1, -0.05) is 24.3 Å². The minimum atomic E-state index is -0.621. The smallest absolute Gasteiger partial charge is 0.407 e. The van der Waals surface area contributed by atoms with Gasteiger partial charge in [-0.05, 0) is 56.2 Å². The van der Waals surface area contributed by atoms with Crippen LogP contribution in [0.25, 0.3) is 11.1 Å². The van der Waals surface area contributed by atoms with E-state index in [4.69, 9.17) is 14.7 Å². The molecule has 2 aromatic rings. The summed E-state index contributed by atoms with van der Waals surface area (Å²) in [7, 11) is 0. The number of carbonyl (C=O) groups excluding carboxylic acids is 3. The fourth-order valence-electron chi connectivity index (χ4n) is 2.46. The second-order valence-electron chi connectivity index (χ2n) is 7.78. The highest BCUT2D eigenvalue weighted by Gasteiger charge is 2.16. The lowest BCUT2D eigenvalue weighted by Crippen LogP contribution is -2.45. The summed E-state index contributed by atoms with van der Waals surface area (Å²) >= 11 is 0. The summed E-state index contributed by atoms with van der Waals surface area (Å²) in [6.45, 7) is 4.99. The molecule has 0 aliphatic rings. The fraction of sp³-hybridized carbons (Fsp3) is 0.304. The third-order valence-corrected chi connectivity index (χ3v) is 3.93. The van der Waals surface area contributed by atoms with Crippen LogP contribution in [0.2, 0.25) is 0 Å². The number of nitriles is 1. The number of nitrogens with zero attached hydrogens (tertiary/aromatic N) is 1. The maximum Gasteiger partial charge on any atom is 0.407 e. The molecule has 0 spiro atoms. The van der Waals surface area contributed by atoms with Crippen LogP contribution in [-0.2, 0) is 14.3 Å². The Balaban J connectivity index is 1.67. The highest BCUT2D eigenvalue weighted by molar-refractivity contribution is 5.83. The molecule has 0 fully saturated rings. The van der Waals surface area contributed by atoms with Crippen LogP contribution in [0.4, 0.5) is 4.79 Å². The number of hydrazine groups is 1. The zero-order chi connectivity index (χ0) is 23.6. The minimum absolute atomic E-state index is 0.0306. The van der Waals surface area contributed by atoms with Gasteiger partial charge in [0.1, 0.15) is 11.4 Å². The summed E-state index contributed by atoms with van der Waals surface area (Å²) in [5.74, 6) is -0.513. The van der Waals surface area contributed by atoms with E-state index in [2.05, 4.69) is 22.2 Å². The van der Waals surface area contributed by atoms with Gasteiger partial charge < -0.3 is 14.8 Å². The van der Waals surface area contributed by atoms with Crippen molar-refractivity contribution < 1.29 is 23.9 Å². The van der Waals surface area contributed by atoms with E-state index in [1.54, 1.807) is 45.0 Å². The molecule has 3 N–H and O–H groups in total. The molecule has 3 amide bonds. The zero-order valence-electron chi connectivity index (χ0n) is 18.2. The van der Waals surface area contributed by atoms with Crippen LogP contribution in [0.15, 0.2) is 48.5 Å². The standard InChI is InChI=1S/C23H26N4O5/c1-23(2,3)32-22(30)25-13-12-20(28)26-27-21(29)15-31-19-10-8-18(9-11-19)17-6-4-16(14-24)5-7-17/h4-11H,12-13,15H2,1-3H3,(H,25,30)(H,26,28)(H,27,29). The van der Waals surface area contributed by atoms with E-state index in [1.807, 2.05) is 24.3 Å². The number of carbonyl (C=O) groups is 3. The van der Waals surface area contributed by atoms with Gasteiger partial charge in [0.05, 0.1) is 11.6 Å². The predicted molar refractivity (Wildman–Crippen MR) is 117 cm³/mol. The lowest BCUT2D eigenvalue weighted by Gasteiger charge is -2.19. The van der Waals surface area contributed by atoms with Crippen LogP contribution in [0.3, 0.4) is 0 Å². The van der Waals surface area contributed by atoms with Gasteiger partial charge in [-0.15, -0.1) is 0 Å². The summed E-state index contributed by atoms with van der Waals surface area (Å²) in [5, 5.41) is 11.3. The van der Waals surface area contributed by atoms with E-state index in [-0.39, 0.29) is 19.6 Å². The van der Waals surface area contributed by atoms with E-state index >= 15 is 0 Å². The summed E-state index contributed by atoms with van der Waals surface area (Å²) < 4.78 is 10.5. The number of rotatable bonds is 7. The van der Waals surface area contributed by atoms with E-state index < -0.39 is 23.5 Å². The second kappa shape index (κ2) is 11.4. The molecule has 0 radical (unpaired) electrons. The van der Waals surface area contributed by atoms with Crippen LogP contribution in [0, 0.1) is 11.3 Å². The van der Waals surface area contributed by atoms with Crippen molar-refractivity contribution in [3.05, 3.63) is 54.1 Å². The Bertz CT molecular complexity index is 973. The first-order chi connectivity index (χ1) is 15.2. The number of hydrogen-bond donors (Lipinski definition) is 3. The Labute approximate surface area is 186 Å². The Morgan fingerprint density at radius 2 is 1.47 bits per heavy atom. The lowest BCUT2D eigenvalue weighted by atomic mass is 10.0. The Morgan fingerprint density at radius 3 is 2.03 bits per heavy atom. The molecule has 32 heavy (non-hydrogen) atoms. The molecule has 2 aromatic carbocycles. The van der Waals surface area contributed by atoms with Crippen LogP contribution in [-0.4, -0.2) is 36.7 Å². The van der Waals surface area contributed by atoms with Crippen LogP contribution in [0.5, 0.6) is 5.75 Å². The van der Waals surface area contributed by atoms with Gasteiger partial charge in [0.15, 0.2) is 6.61 Å². The predicted octanol–water partition coefficient (Wildman–Crippen LogP) is 2.67. The van der Waals surface area contributed by atoms with E-state index in [1.165, 1.54) is 0 Å². The van der Waals surface area contributed by atoms with Crippen molar-refractivity contribution in [3.63, 3.8) is 0 Å². The van der Waals surface area contributed by atoms with Crippen molar-refractivity contribution in [3.8, 4) is 22.9 Å². The molecule has 0 saturated carbocycles. The SMILES string of the molecule is CC(C)(C)OC(=O)NCCC(=O)NNC(=O)COc1ccc(-c2ccc(C#N)cc2)cc1. The van der Waals surface area contributed by atoms with Crippen molar-refractivity contribution in [2.24, 2.45) is 0 Å². The third kappa shape index (κ3) is 8.75. The molecule has 0 atom stereocenters. The average molecular weight is 438 g/mol. The molecule has 0 heterocycles. The van der Waals surface area contributed by atoms with Crippen molar-refractivity contribution in [1.29, 1.82) is 5.26 Å². The Hall–Kier alpha value is -4.06. The van der Waals surface area contributed by atoms with Gasteiger partial charge in [0.25, 0.3) is 5.91 Å². The highest BCUT2D eigenvalue weighted by atomic mass is 16.6. The van der Waals surface area contributed by atoms with Gasteiger partial charge >= 0.3 is 6.09 Å². The van der Waals surface area contributed by atoms with E-state index in [0.29, 0.717) is 11.3 Å². The van der Waals surface area contributed by atoms with Gasteiger partial charge in [0, 0.05) is 13.0 Å². The molecule has 0 unspecified atom stereocenters. The molecule has 2 rings (SSSR count). The van der Waals surface area contributed by atoms with Crippen LogP contribution in [0.1, 0.15) is 32.8 Å². The molecule has 168 valence electrons. The first-order valence-electron chi connectivity index (χ1n) is 9.94. The van der Waals surface area contributed by atoms with Crippen molar-refractivity contribution >= 4 is 17.9 Å². The fourth-order valence-corrected chi connectivity index (χ4v) is 2.46. The maximum absolute atomic E-state index is 11.8. The first kappa shape index (κ1) is 24.2. The van der Waals surface area contributed by atoms with E-state index in [0.717, 1.165) is 11.1 Å². The summed E-state index contributed by atoms with van der Waals surface area (Å²) in [6.07, 6.45) is -0.648. The molecule has 9 nitrogen and oxygen atoms in total. The lowest BCUT2D eigenvalue weighted by molar-refractivity contribution is -0.129. The monoisotopic (exact) mass is 438 g/mol. The molecule has 0 aromatic heterocycles. The highest BCUT2D eigenvalue weighted by Crippen LogP contribution is 2.22. The molecular weight excluding hydrogens is 412 g/mol. The number of alkyl carbamates (subject to hydrolysis) is 1. The topological polar surface area (TPSA) is 130 Å². The average Bonchev–Trinajstić information content (AvgIpc) is 2.75. The number of hydrogen-bond acceptors (Lipinski definition) is 6. The summed E-state index contributed by atoms with van der Waals surface area (Å²) in [6, 6.07) is 16.4. The molecule has 0 aliphatic heterocycles. The minimum Gasteiger partial charge on any atom is -0.484 e. The largest absolute Gasteiger partial charge is 0.484 e. The van der Waals surface area contributed by atoms with Gasteiger partial charge in [-0.3, -0.25) is 20.4 Å². The molecule has 0 aliphatic carbocycles. The summed E-state index contributed by atoms with van der Waals surface area (Å²) in [5.41, 5.74) is 6.36.